The van der Waals surface area contributed by atoms with E-state index in [1.807, 2.05) is 0 Å². The zero-order chi connectivity index (χ0) is 33.1. The van der Waals surface area contributed by atoms with Crippen LogP contribution in [0.2, 0.25) is 0 Å². The number of carbonyl (C=O) groups is 3. The molecule has 6 rings (SSSR count). The molecule has 4 atom stereocenters. The maximum absolute atomic E-state index is 13.7. The minimum atomic E-state index is -1.54. The van der Waals surface area contributed by atoms with Crippen LogP contribution in [0.3, 0.4) is 0 Å². The Hall–Kier alpha value is -6.02. The minimum absolute atomic E-state index is 0.160. The number of benzene rings is 3. The van der Waals surface area contributed by atoms with Gasteiger partial charge in [0.25, 0.3) is 5.56 Å². The lowest BCUT2D eigenvalue weighted by molar-refractivity contribution is -0.0627. The molecule has 0 aliphatic carbocycles. The van der Waals surface area contributed by atoms with Crippen molar-refractivity contribution in [3.05, 3.63) is 134 Å². The Bertz CT molecular complexity index is 2070. The maximum Gasteiger partial charge on any atom is 0.338 e. The fourth-order valence-corrected chi connectivity index (χ4v) is 5.10. The van der Waals surface area contributed by atoms with Crippen molar-refractivity contribution in [2.24, 2.45) is 7.05 Å². The highest BCUT2D eigenvalue weighted by atomic mass is 16.7. The Kier molecular flexibility index (Phi) is 8.67. The lowest BCUT2D eigenvalue weighted by Gasteiger charge is -2.25. The number of aryl methyl sites for hydroxylation is 1. The molecule has 14 nitrogen and oxygen atoms in total. The van der Waals surface area contributed by atoms with Crippen LogP contribution in [0.5, 0.6) is 0 Å². The molecule has 0 N–H and O–H groups in total. The number of rotatable bonds is 8. The number of carbonyl (C=O) groups excluding carboxylic acids is 3. The first-order valence-corrected chi connectivity index (χ1v) is 14.4. The standard InChI is InChI=1S/C33H27N5O9/c1-19-34-24-27(36-35-19)38(33(43)37(2)28(24)39)29-26(47-32(42)22-16-10-5-11-17-22)25(46-31(41)21-14-8-4-9-15-21)23(45-29)18-44-30(40)20-12-6-3-7-13-20/h3-17,23,25-26,29H,18H2,1-2H3/t23-,25-,26-,29-/m1/s1. The molecule has 238 valence electrons. The SMILES string of the molecule is Cc1nnc2c(n1)c(=O)n(C)c(=O)n2[C@@H]1O[C@H](COC(=O)c2ccccc2)[C@@H](OC(=O)c2ccccc2)[C@H]1OC(=O)c1ccccc1. The highest BCUT2D eigenvalue weighted by Crippen LogP contribution is 2.35. The first kappa shape index (κ1) is 31.0. The molecule has 1 aliphatic heterocycles. The van der Waals surface area contributed by atoms with Gasteiger partial charge in [0.1, 0.15) is 18.5 Å². The second kappa shape index (κ2) is 13.1. The zero-order valence-corrected chi connectivity index (χ0v) is 25.1. The van der Waals surface area contributed by atoms with Crippen LogP contribution in [0.15, 0.2) is 101 Å². The predicted molar refractivity (Wildman–Crippen MR) is 163 cm³/mol. The molecule has 1 aliphatic rings. The summed E-state index contributed by atoms with van der Waals surface area (Å²) in [6.45, 7) is 1.05. The molecule has 0 spiro atoms. The van der Waals surface area contributed by atoms with E-state index >= 15 is 0 Å². The van der Waals surface area contributed by atoms with Gasteiger partial charge < -0.3 is 18.9 Å². The number of ether oxygens (including phenoxy) is 4. The normalized spacial score (nSPS) is 18.9. The van der Waals surface area contributed by atoms with Crippen molar-refractivity contribution in [2.75, 3.05) is 6.61 Å². The summed E-state index contributed by atoms with van der Waals surface area (Å²) in [4.78, 5) is 70.7. The molecule has 2 aromatic heterocycles. The molecule has 0 bridgehead atoms. The van der Waals surface area contributed by atoms with Gasteiger partial charge in [-0.25, -0.2) is 28.7 Å². The van der Waals surface area contributed by atoms with Crippen LogP contribution in [0.4, 0.5) is 0 Å². The number of nitrogens with zero attached hydrogens (tertiary/aromatic N) is 5. The van der Waals surface area contributed by atoms with Gasteiger partial charge in [-0.15, -0.1) is 10.2 Å². The van der Waals surface area contributed by atoms with E-state index in [1.54, 1.807) is 66.7 Å². The van der Waals surface area contributed by atoms with Crippen LogP contribution in [0.25, 0.3) is 11.2 Å². The van der Waals surface area contributed by atoms with Gasteiger partial charge in [-0.2, -0.15) is 0 Å². The minimum Gasteiger partial charge on any atom is -0.459 e. The summed E-state index contributed by atoms with van der Waals surface area (Å²) in [6.07, 6.45) is -5.75. The Morgan fingerprint density at radius 1 is 0.745 bits per heavy atom. The largest absolute Gasteiger partial charge is 0.459 e. The Morgan fingerprint density at radius 2 is 1.26 bits per heavy atom. The van der Waals surface area contributed by atoms with E-state index in [0.717, 1.165) is 9.13 Å². The maximum atomic E-state index is 13.7. The van der Waals surface area contributed by atoms with E-state index in [-0.39, 0.29) is 33.7 Å². The van der Waals surface area contributed by atoms with Crippen molar-refractivity contribution < 1.29 is 33.3 Å². The average Bonchev–Trinajstić information content (AvgIpc) is 3.43. The van der Waals surface area contributed by atoms with Crippen molar-refractivity contribution in [2.45, 2.75) is 31.5 Å². The van der Waals surface area contributed by atoms with E-state index in [1.165, 1.54) is 38.2 Å². The van der Waals surface area contributed by atoms with Gasteiger partial charge in [0, 0.05) is 7.05 Å². The van der Waals surface area contributed by atoms with Crippen molar-refractivity contribution in [1.82, 2.24) is 24.3 Å². The molecule has 0 unspecified atom stereocenters. The number of fused-ring (bicyclic) bond motifs is 1. The summed E-state index contributed by atoms with van der Waals surface area (Å²) in [5, 5.41) is 7.97. The van der Waals surface area contributed by atoms with Crippen molar-refractivity contribution in [3.63, 3.8) is 0 Å². The first-order chi connectivity index (χ1) is 22.7. The van der Waals surface area contributed by atoms with Gasteiger partial charge >= 0.3 is 23.6 Å². The fraction of sp³-hybridized carbons (Fsp3) is 0.212. The Labute approximate surface area is 266 Å². The highest BCUT2D eigenvalue weighted by Gasteiger charge is 2.52. The highest BCUT2D eigenvalue weighted by molar-refractivity contribution is 5.91. The quantitative estimate of drug-likeness (QED) is 0.180. The van der Waals surface area contributed by atoms with Crippen LogP contribution in [-0.2, 0) is 26.0 Å². The summed E-state index contributed by atoms with van der Waals surface area (Å²) >= 11 is 0. The van der Waals surface area contributed by atoms with Gasteiger partial charge in [0.15, 0.2) is 29.6 Å². The van der Waals surface area contributed by atoms with E-state index in [2.05, 4.69) is 15.2 Å². The van der Waals surface area contributed by atoms with Gasteiger partial charge in [0.2, 0.25) is 0 Å². The lowest BCUT2D eigenvalue weighted by Crippen LogP contribution is -2.45. The molecule has 0 amide bonds. The smallest absolute Gasteiger partial charge is 0.338 e. The van der Waals surface area contributed by atoms with Crippen molar-refractivity contribution in [1.29, 1.82) is 0 Å². The molecule has 14 heteroatoms. The van der Waals surface area contributed by atoms with Crippen LogP contribution >= 0.6 is 0 Å². The molecular weight excluding hydrogens is 610 g/mol. The zero-order valence-electron chi connectivity index (χ0n) is 25.1. The Balaban J connectivity index is 1.46. The molecule has 1 fully saturated rings. The molecule has 3 aromatic carbocycles. The number of hydrogen-bond acceptors (Lipinski definition) is 12. The van der Waals surface area contributed by atoms with E-state index in [0.29, 0.717) is 0 Å². The van der Waals surface area contributed by atoms with Crippen LogP contribution < -0.4 is 11.2 Å². The average molecular weight is 638 g/mol. The van der Waals surface area contributed by atoms with E-state index < -0.39 is 60.3 Å². The summed E-state index contributed by atoms with van der Waals surface area (Å²) in [7, 11) is 1.24. The first-order valence-electron chi connectivity index (χ1n) is 14.4. The number of hydrogen-bond donors (Lipinski definition) is 0. The number of aromatic nitrogens is 5. The summed E-state index contributed by atoms with van der Waals surface area (Å²) < 4.78 is 25.4. The van der Waals surface area contributed by atoms with Gasteiger partial charge in [-0.1, -0.05) is 54.6 Å². The lowest BCUT2D eigenvalue weighted by atomic mass is 10.1. The van der Waals surface area contributed by atoms with E-state index in [4.69, 9.17) is 18.9 Å². The predicted octanol–water partition coefficient (Wildman–Crippen LogP) is 2.40. The molecule has 0 saturated carbocycles. The fourth-order valence-electron chi connectivity index (χ4n) is 5.10. The molecular formula is C33H27N5O9. The molecule has 0 radical (unpaired) electrons. The van der Waals surface area contributed by atoms with Crippen LogP contribution in [0, 0.1) is 6.92 Å². The topological polar surface area (TPSA) is 171 Å². The molecule has 3 heterocycles. The van der Waals surface area contributed by atoms with Crippen LogP contribution in [0.1, 0.15) is 43.1 Å². The summed E-state index contributed by atoms with van der Waals surface area (Å²) in [6, 6.07) is 24.2. The monoisotopic (exact) mass is 637 g/mol. The van der Waals surface area contributed by atoms with Gasteiger partial charge in [0.05, 0.1) is 16.7 Å². The molecule has 5 aromatic rings. The number of esters is 3. The van der Waals surface area contributed by atoms with Crippen molar-refractivity contribution in [3.8, 4) is 0 Å². The van der Waals surface area contributed by atoms with Gasteiger partial charge in [-0.3, -0.25) is 9.36 Å². The summed E-state index contributed by atoms with van der Waals surface area (Å²) in [5.74, 6) is -2.15. The van der Waals surface area contributed by atoms with Crippen molar-refractivity contribution >= 4 is 29.1 Å². The second-order valence-electron chi connectivity index (χ2n) is 10.5. The third-order valence-electron chi connectivity index (χ3n) is 7.44. The third-order valence-corrected chi connectivity index (χ3v) is 7.44. The molecule has 1 saturated heterocycles. The summed E-state index contributed by atoms with van der Waals surface area (Å²) in [5.41, 5.74) is -1.51. The molecule has 47 heavy (non-hydrogen) atoms. The Morgan fingerprint density at radius 3 is 1.81 bits per heavy atom. The third kappa shape index (κ3) is 6.26. The van der Waals surface area contributed by atoms with E-state index in [9.17, 15) is 24.0 Å². The van der Waals surface area contributed by atoms with Gasteiger partial charge in [-0.05, 0) is 43.3 Å². The van der Waals surface area contributed by atoms with Crippen LogP contribution in [-0.4, -0.2) is 67.1 Å². The second-order valence-corrected chi connectivity index (χ2v) is 10.5.